The van der Waals surface area contributed by atoms with E-state index in [4.69, 9.17) is 4.74 Å². The summed E-state index contributed by atoms with van der Waals surface area (Å²) < 4.78 is 6.00. The zero-order valence-electron chi connectivity index (χ0n) is 14.4. The van der Waals surface area contributed by atoms with Crippen molar-refractivity contribution in [3.05, 3.63) is 48.4 Å². The van der Waals surface area contributed by atoms with Gasteiger partial charge in [-0.1, -0.05) is 0 Å². The highest BCUT2D eigenvalue weighted by Crippen LogP contribution is 2.22. The van der Waals surface area contributed by atoms with Gasteiger partial charge in [0.05, 0.1) is 12.7 Å². The highest BCUT2D eigenvalue weighted by atomic mass is 16.5. The SMILES string of the molecule is CCN(C[C@@H]1CN([C@H](C)c2ccncc2)CCO1)c1cccnn1. The van der Waals surface area contributed by atoms with Crippen molar-refractivity contribution in [2.45, 2.75) is 26.0 Å². The van der Waals surface area contributed by atoms with Gasteiger partial charge in [-0.25, -0.2) is 0 Å². The first-order valence-corrected chi connectivity index (χ1v) is 8.56. The second kappa shape index (κ2) is 8.17. The predicted molar refractivity (Wildman–Crippen MR) is 93.9 cm³/mol. The molecule has 1 saturated heterocycles. The highest BCUT2D eigenvalue weighted by molar-refractivity contribution is 5.36. The molecular formula is C18H25N5O. The standard InChI is InChI=1S/C18H25N5O/c1-3-22(18-5-4-8-20-21-18)13-17-14-23(11-12-24-17)15(2)16-6-9-19-10-7-16/h4-10,15,17H,3,11-14H2,1-2H3/t15-,17-/m1/s1. The summed E-state index contributed by atoms with van der Waals surface area (Å²) in [5, 5.41) is 8.20. The second-order valence-electron chi connectivity index (χ2n) is 6.06. The van der Waals surface area contributed by atoms with Crippen molar-refractivity contribution < 1.29 is 4.74 Å². The van der Waals surface area contributed by atoms with Gasteiger partial charge in [0.15, 0.2) is 5.82 Å². The van der Waals surface area contributed by atoms with Crippen LogP contribution in [-0.4, -0.2) is 59.0 Å². The number of hydrogen-bond donors (Lipinski definition) is 0. The molecule has 0 aromatic carbocycles. The minimum absolute atomic E-state index is 0.171. The fourth-order valence-electron chi connectivity index (χ4n) is 3.15. The van der Waals surface area contributed by atoms with Crippen molar-refractivity contribution in [2.75, 3.05) is 37.7 Å². The number of anilines is 1. The Morgan fingerprint density at radius 2 is 2.12 bits per heavy atom. The van der Waals surface area contributed by atoms with Crippen molar-refractivity contribution in [1.29, 1.82) is 0 Å². The highest BCUT2D eigenvalue weighted by Gasteiger charge is 2.26. The Bertz CT molecular complexity index is 609. The Kier molecular flexibility index (Phi) is 5.72. The molecular weight excluding hydrogens is 302 g/mol. The maximum Gasteiger partial charge on any atom is 0.151 e. The van der Waals surface area contributed by atoms with Gasteiger partial charge < -0.3 is 9.64 Å². The molecule has 0 aliphatic carbocycles. The van der Waals surface area contributed by atoms with Gasteiger partial charge in [0.2, 0.25) is 0 Å². The van der Waals surface area contributed by atoms with E-state index in [1.807, 2.05) is 24.5 Å². The van der Waals surface area contributed by atoms with Gasteiger partial charge in [0.25, 0.3) is 0 Å². The van der Waals surface area contributed by atoms with Gasteiger partial charge in [-0.3, -0.25) is 9.88 Å². The average molecular weight is 327 g/mol. The Hall–Kier alpha value is -2.05. The number of nitrogens with zero attached hydrogens (tertiary/aromatic N) is 5. The summed E-state index contributed by atoms with van der Waals surface area (Å²) in [6.07, 6.45) is 5.59. The molecule has 0 unspecified atom stereocenters. The molecule has 0 saturated carbocycles. The molecule has 0 amide bonds. The molecule has 0 spiro atoms. The number of morpholine rings is 1. The summed E-state index contributed by atoms with van der Waals surface area (Å²) in [6, 6.07) is 8.47. The lowest BCUT2D eigenvalue weighted by atomic mass is 10.1. The quantitative estimate of drug-likeness (QED) is 0.810. The van der Waals surface area contributed by atoms with E-state index in [2.05, 4.69) is 51.0 Å². The van der Waals surface area contributed by atoms with E-state index in [0.717, 1.165) is 38.6 Å². The Morgan fingerprint density at radius 3 is 2.83 bits per heavy atom. The summed E-state index contributed by atoms with van der Waals surface area (Å²) in [7, 11) is 0. The van der Waals surface area contributed by atoms with Gasteiger partial charge in [0, 0.05) is 50.8 Å². The average Bonchev–Trinajstić information content (AvgIpc) is 2.67. The van der Waals surface area contributed by atoms with Gasteiger partial charge in [-0.2, -0.15) is 5.10 Å². The molecule has 6 nitrogen and oxygen atoms in total. The second-order valence-corrected chi connectivity index (χ2v) is 6.06. The van der Waals surface area contributed by atoms with Crippen molar-refractivity contribution >= 4 is 5.82 Å². The van der Waals surface area contributed by atoms with Crippen molar-refractivity contribution in [3.63, 3.8) is 0 Å². The zero-order chi connectivity index (χ0) is 16.8. The van der Waals surface area contributed by atoms with Gasteiger partial charge in [-0.15, -0.1) is 5.10 Å². The number of likely N-dealkylation sites (N-methyl/N-ethyl adjacent to an activating group) is 1. The maximum atomic E-state index is 6.00. The Labute approximate surface area is 143 Å². The molecule has 1 aliphatic rings. The lowest BCUT2D eigenvalue weighted by Gasteiger charge is -2.38. The summed E-state index contributed by atoms with van der Waals surface area (Å²) in [5.41, 5.74) is 1.30. The number of hydrogen-bond acceptors (Lipinski definition) is 6. The molecule has 24 heavy (non-hydrogen) atoms. The molecule has 6 heteroatoms. The molecule has 0 radical (unpaired) electrons. The van der Waals surface area contributed by atoms with Crippen LogP contribution in [0.1, 0.15) is 25.5 Å². The Balaban J connectivity index is 1.63. The number of ether oxygens (including phenoxy) is 1. The van der Waals surface area contributed by atoms with E-state index in [1.165, 1.54) is 5.56 Å². The molecule has 2 aromatic rings. The van der Waals surface area contributed by atoms with Crippen LogP contribution in [-0.2, 0) is 4.74 Å². The number of aromatic nitrogens is 3. The van der Waals surface area contributed by atoms with Crippen LogP contribution in [0.5, 0.6) is 0 Å². The normalized spacial score (nSPS) is 19.8. The van der Waals surface area contributed by atoms with Crippen molar-refractivity contribution in [1.82, 2.24) is 20.1 Å². The Morgan fingerprint density at radius 1 is 1.29 bits per heavy atom. The van der Waals surface area contributed by atoms with Gasteiger partial charge in [-0.05, 0) is 43.7 Å². The lowest BCUT2D eigenvalue weighted by molar-refractivity contribution is -0.0371. The maximum absolute atomic E-state index is 6.00. The smallest absolute Gasteiger partial charge is 0.151 e. The van der Waals surface area contributed by atoms with Gasteiger partial charge >= 0.3 is 0 Å². The van der Waals surface area contributed by atoms with E-state index in [0.29, 0.717) is 6.04 Å². The topological polar surface area (TPSA) is 54.4 Å². The summed E-state index contributed by atoms with van der Waals surface area (Å²) in [4.78, 5) is 8.81. The summed E-state index contributed by atoms with van der Waals surface area (Å²) in [5.74, 6) is 0.905. The third-order valence-corrected chi connectivity index (χ3v) is 4.59. The predicted octanol–water partition coefficient (Wildman–Crippen LogP) is 2.16. The van der Waals surface area contributed by atoms with Crippen LogP contribution >= 0.6 is 0 Å². The van der Waals surface area contributed by atoms with Crippen LogP contribution in [0.4, 0.5) is 5.82 Å². The monoisotopic (exact) mass is 327 g/mol. The fourth-order valence-corrected chi connectivity index (χ4v) is 3.15. The van der Waals surface area contributed by atoms with E-state index in [9.17, 15) is 0 Å². The van der Waals surface area contributed by atoms with Crippen molar-refractivity contribution in [2.24, 2.45) is 0 Å². The molecule has 128 valence electrons. The van der Waals surface area contributed by atoms with Crippen LogP contribution in [0.15, 0.2) is 42.9 Å². The minimum atomic E-state index is 0.171. The zero-order valence-corrected chi connectivity index (χ0v) is 14.4. The van der Waals surface area contributed by atoms with E-state index in [-0.39, 0.29) is 6.10 Å². The fraction of sp³-hybridized carbons (Fsp3) is 0.500. The van der Waals surface area contributed by atoms with Crippen molar-refractivity contribution in [3.8, 4) is 0 Å². The van der Waals surface area contributed by atoms with Crippen LogP contribution < -0.4 is 4.90 Å². The number of rotatable bonds is 6. The third kappa shape index (κ3) is 4.07. The molecule has 3 heterocycles. The molecule has 2 aromatic heterocycles. The first-order valence-electron chi connectivity index (χ1n) is 8.56. The largest absolute Gasteiger partial charge is 0.374 e. The third-order valence-electron chi connectivity index (χ3n) is 4.59. The summed E-state index contributed by atoms with van der Waals surface area (Å²) in [6.45, 7) is 8.73. The van der Waals surface area contributed by atoms with Crippen LogP contribution in [0.25, 0.3) is 0 Å². The first kappa shape index (κ1) is 16.8. The lowest BCUT2D eigenvalue weighted by Crippen LogP contribution is -2.48. The van der Waals surface area contributed by atoms with E-state index in [1.54, 1.807) is 6.20 Å². The first-order chi connectivity index (χ1) is 11.8. The van der Waals surface area contributed by atoms with Gasteiger partial charge in [0.1, 0.15) is 0 Å². The number of pyridine rings is 1. The molecule has 2 atom stereocenters. The van der Waals surface area contributed by atoms with Crippen LogP contribution in [0, 0.1) is 0 Å². The summed E-state index contributed by atoms with van der Waals surface area (Å²) >= 11 is 0. The molecule has 0 bridgehead atoms. The minimum Gasteiger partial charge on any atom is -0.374 e. The molecule has 3 rings (SSSR count). The van der Waals surface area contributed by atoms with Crippen LogP contribution in [0.3, 0.4) is 0 Å². The molecule has 1 aliphatic heterocycles. The van der Waals surface area contributed by atoms with E-state index >= 15 is 0 Å². The molecule has 0 N–H and O–H groups in total. The van der Waals surface area contributed by atoms with Crippen LogP contribution in [0.2, 0.25) is 0 Å². The molecule has 1 fully saturated rings. The van der Waals surface area contributed by atoms with E-state index < -0.39 is 0 Å².